The minimum absolute atomic E-state index is 0.129. The average molecular weight is 332 g/mol. The second kappa shape index (κ2) is 6.87. The summed E-state index contributed by atoms with van der Waals surface area (Å²) < 4.78 is 0. The number of hydrogen-bond donors (Lipinski definition) is 3. The predicted octanol–water partition coefficient (Wildman–Crippen LogP) is 2.03. The Morgan fingerprint density at radius 3 is 2.52 bits per heavy atom. The van der Waals surface area contributed by atoms with Gasteiger partial charge in [0.15, 0.2) is 5.16 Å². The van der Waals surface area contributed by atoms with Gasteiger partial charge in [0.05, 0.1) is 11.3 Å². The van der Waals surface area contributed by atoms with Crippen LogP contribution >= 0.6 is 11.8 Å². The van der Waals surface area contributed by atoms with Gasteiger partial charge in [-0.1, -0.05) is 42.1 Å². The molecule has 0 saturated heterocycles. The molecule has 0 spiro atoms. The summed E-state index contributed by atoms with van der Waals surface area (Å²) in [6, 6.07) is 9.11. The predicted molar refractivity (Wildman–Crippen MR) is 93.3 cm³/mol. The van der Waals surface area contributed by atoms with Crippen LogP contribution in [0.1, 0.15) is 20.8 Å². The highest BCUT2D eigenvalue weighted by molar-refractivity contribution is 7.99. The van der Waals surface area contributed by atoms with E-state index in [1.54, 1.807) is 12.1 Å². The van der Waals surface area contributed by atoms with Gasteiger partial charge in [-0.05, 0) is 26.3 Å². The van der Waals surface area contributed by atoms with E-state index in [1.165, 1.54) is 0 Å². The van der Waals surface area contributed by atoms with Crippen LogP contribution < -0.4 is 16.6 Å². The van der Waals surface area contributed by atoms with Gasteiger partial charge in [-0.25, -0.2) is 4.98 Å². The van der Waals surface area contributed by atoms with Gasteiger partial charge in [0, 0.05) is 5.54 Å². The molecule has 0 bridgehead atoms. The Kier molecular flexibility index (Phi) is 5.10. The maximum absolute atomic E-state index is 12.2. The number of thioether (sulfide) groups is 1. The van der Waals surface area contributed by atoms with Gasteiger partial charge in [-0.3, -0.25) is 9.59 Å². The zero-order valence-electron chi connectivity index (χ0n) is 13.3. The first-order chi connectivity index (χ1) is 10.8. The second-order valence-corrected chi connectivity index (χ2v) is 7.05. The second-order valence-electron chi connectivity index (χ2n) is 6.08. The number of nitrogens with one attached hydrogen (secondary N) is 2. The zero-order valence-corrected chi connectivity index (χ0v) is 14.2. The summed E-state index contributed by atoms with van der Waals surface area (Å²) in [5.74, 6) is 0.180. The zero-order chi connectivity index (χ0) is 17.0. The van der Waals surface area contributed by atoms with Crippen molar-refractivity contribution in [1.82, 2.24) is 15.3 Å². The van der Waals surface area contributed by atoms with Crippen molar-refractivity contribution in [3.05, 3.63) is 40.7 Å². The first kappa shape index (κ1) is 17.1. The number of nitrogens with zero attached hydrogens (tertiary/aromatic N) is 1. The van der Waals surface area contributed by atoms with E-state index in [1.807, 2.05) is 39.0 Å². The van der Waals surface area contributed by atoms with E-state index in [2.05, 4.69) is 15.3 Å². The molecule has 0 aliphatic heterocycles. The van der Waals surface area contributed by atoms with Crippen molar-refractivity contribution in [2.45, 2.75) is 31.5 Å². The Balaban J connectivity index is 2.15. The van der Waals surface area contributed by atoms with E-state index >= 15 is 0 Å². The number of carbonyl (C=O) groups is 1. The number of rotatable bonds is 4. The maximum atomic E-state index is 12.2. The highest BCUT2D eigenvalue weighted by atomic mass is 32.2. The number of nitrogen functional groups attached to an aromatic ring is 1. The van der Waals surface area contributed by atoms with Gasteiger partial charge in [0.2, 0.25) is 5.91 Å². The molecule has 0 unspecified atom stereocenters. The monoisotopic (exact) mass is 332 g/mol. The SMILES string of the molecule is CC(C)(C)NC(=O)CSc1nc(N)c(-c2ccccc2)c(=O)[nH]1. The fourth-order valence-corrected chi connectivity index (χ4v) is 2.68. The van der Waals surface area contributed by atoms with E-state index < -0.39 is 0 Å². The topological polar surface area (TPSA) is 101 Å². The number of benzene rings is 1. The third-order valence-corrected chi connectivity index (χ3v) is 3.72. The number of H-pyrrole nitrogens is 1. The fraction of sp³-hybridized carbons (Fsp3) is 0.312. The first-order valence-corrected chi connectivity index (χ1v) is 8.14. The number of amides is 1. The minimum atomic E-state index is -0.317. The van der Waals surface area contributed by atoms with Crippen LogP contribution in [0.25, 0.3) is 11.1 Å². The molecule has 122 valence electrons. The fourth-order valence-electron chi connectivity index (χ4n) is 2.01. The number of hydrogen-bond acceptors (Lipinski definition) is 5. The van der Waals surface area contributed by atoms with E-state index in [-0.39, 0.29) is 28.6 Å². The van der Waals surface area contributed by atoms with Crippen LogP contribution in [-0.2, 0) is 4.79 Å². The molecule has 2 aromatic rings. The molecule has 7 heteroatoms. The molecule has 6 nitrogen and oxygen atoms in total. The van der Waals surface area contributed by atoms with Gasteiger partial charge < -0.3 is 16.0 Å². The van der Waals surface area contributed by atoms with E-state index in [0.29, 0.717) is 16.3 Å². The molecule has 1 amide bonds. The van der Waals surface area contributed by atoms with Crippen LogP contribution in [0, 0.1) is 0 Å². The van der Waals surface area contributed by atoms with Crippen LogP contribution in [0.3, 0.4) is 0 Å². The van der Waals surface area contributed by atoms with Crippen molar-refractivity contribution in [2.24, 2.45) is 0 Å². The quantitative estimate of drug-likeness (QED) is 0.587. The number of aromatic amines is 1. The third kappa shape index (κ3) is 4.85. The molecule has 0 aliphatic carbocycles. The van der Waals surface area contributed by atoms with Crippen LogP contribution in [0.5, 0.6) is 0 Å². The van der Waals surface area contributed by atoms with Crippen molar-refractivity contribution in [3.63, 3.8) is 0 Å². The van der Waals surface area contributed by atoms with Gasteiger partial charge >= 0.3 is 0 Å². The van der Waals surface area contributed by atoms with E-state index in [9.17, 15) is 9.59 Å². The molecule has 4 N–H and O–H groups in total. The molecule has 0 aliphatic rings. The van der Waals surface area contributed by atoms with E-state index in [0.717, 1.165) is 11.8 Å². The molecule has 1 aromatic heterocycles. The standard InChI is InChI=1S/C16H20N4O2S/c1-16(2,3)20-11(21)9-23-15-18-13(17)12(14(22)19-15)10-7-5-4-6-8-10/h4-8H,9H2,1-3H3,(H,20,21)(H3,17,18,19,22). The number of aromatic nitrogens is 2. The van der Waals surface area contributed by atoms with Gasteiger partial charge in [0.25, 0.3) is 5.56 Å². The highest BCUT2D eigenvalue weighted by Gasteiger charge is 2.15. The molecule has 0 atom stereocenters. The van der Waals surface area contributed by atoms with Crippen molar-refractivity contribution in [1.29, 1.82) is 0 Å². The lowest BCUT2D eigenvalue weighted by Gasteiger charge is -2.20. The summed E-state index contributed by atoms with van der Waals surface area (Å²) in [6.45, 7) is 5.72. The van der Waals surface area contributed by atoms with Crippen LogP contribution in [-0.4, -0.2) is 27.2 Å². The van der Waals surface area contributed by atoms with Gasteiger partial charge in [-0.2, -0.15) is 0 Å². The molecule has 23 heavy (non-hydrogen) atoms. The van der Waals surface area contributed by atoms with Gasteiger partial charge in [0.1, 0.15) is 5.82 Å². The summed E-state index contributed by atoms with van der Waals surface area (Å²) in [5.41, 5.74) is 6.35. The first-order valence-electron chi connectivity index (χ1n) is 7.15. The molecule has 0 radical (unpaired) electrons. The Morgan fingerprint density at radius 2 is 1.96 bits per heavy atom. The Hall–Kier alpha value is -2.28. The normalized spacial score (nSPS) is 11.3. The summed E-state index contributed by atoms with van der Waals surface area (Å²) in [4.78, 5) is 30.9. The molecule has 1 heterocycles. The molecule has 1 aromatic carbocycles. The Morgan fingerprint density at radius 1 is 1.30 bits per heavy atom. The summed E-state index contributed by atoms with van der Waals surface area (Å²) in [7, 11) is 0. The van der Waals surface area contributed by atoms with Crippen molar-refractivity contribution in [2.75, 3.05) is 11.5 Å². The van der Waals surface area contributed by atoms with Crippen LogP contribution in [0.4, 0.5) is 5.82 Å². The van der Waals surface area contributed by atoms with Crippen LogP contribution in [0.2, 0.25) is 0 Å². The molecule has 2 rings (SSSR count). The summed E-state index contributed by atoms with van der Waals surface area (Å²) >= 11 is 1.14. The number of anilines is 1. The summed E-state index contributed by atoms with van der Waals surface area (Å²) in [6.07, 6.45) is 0. The average Bonchev–Trinajstić information content (AvgIpc) is 2.44. The number of nitrogens with two attached hydrogens (primary N) is 1. The highest BCUT2D eigenvalue weighted by Crippen LogP contribution is 2.22. The third-order valence-electron chi connectivity index (χ3n) is 2.84. The van der Waals surface area contributed by atoms with Crippen LogP contribution in [0.15, 0.2) is 40.3 Å². The largest absolute Gasteiger partial charge is 0.383 e. The lowest BCUT2D eigenvalue weighted by Crippen LogP contribution is -2.41. The Bertz CT molecular complexity index is 751. The molecule has 0 fully saturated rings. The lowest BCUT2D eigenvalue weighted by atomic mass is 10.1. The lowest BCUT2D eigenvalue weighted by molar-refractivity contribution is -0.119. The Labute approximate surface area is 138 Å². The smallest absolute Gasteiger partial charge is 0.261 e. The molecule has 0 saturated carbocycles. The summed E-state index contributed by atoms with van der Waals surface area (Å²) in [5, 5.41) is 3.17. The van der Waals surface area contributed by atoms with Crippen molar-refractivity contribution >= 4 is 23.5 Å². The van der Waals surface area contributed by atoms with Crippen molar-refractivity contribution in [3.8, 4) is 11.1 Å². The minimum Gasteiger partial charge on any atom is -0.383 e. The number of carbonyl (C=O) groups excluding carboxylic acids is 1. The van der Waals surface area contributed by atoms with E-state index in [4.69, 9.17) is 5.73 Å². The van der Waals surface area contributed by atoms with Crippen molar-refractivity contribution < 1.29 is 4.79 Å². The van der Waals surface area contributed by atoms with Gasteiger partial charge in [-0.15, -0.1) is 0 Å². The molecular weight excluding hydrogens is 312 g/mol. The molecular formula is C16H20N4O2S. The maximum Gasteiger partial charge on any atom is 0.261 e.